The Morgan fingerprint density at radius 1 is 1.16 bits per heavy atom. The van der Waals surface area contributed by atoms with Crippen molar-refractivity contribution in [2.24, 2.45) is 0 Å². The first-order valence-electron chi connectivity index (χ1n) is 8.14. The van der Waals surface area contributed by atoms with E-state index in [9.17, 15) is 0 Å². The van der Waals surface area contributed by atoms with Crippen molar-refractivity contribution in [1.82, 2.24) is 20.0 Å². The minimum atomic E-state index is -0.00661. The van der Waals surface area contributed by atoms with Crippen LogP contribution in [-0.2, 0) is 11.3 Å². The fourth-order valence-corrected chi connectivity index (χ4v) is 2.86. The summed E-state index contributed by atoms with van der Waals surface area (Å²) in [5, 5.41) is 3.96. The Morgan fingerprint density at radius 3 is 3.00 bits per heavy atom. The zero-order chi connectivity index (χ0) is 16.9. The quantitative estimate of drug-likeness (QED) is 0.708. The summed E-state index contributed by atoms with van der Waals surface area (Å²) in [6.45, 7) is 2.81. The van der Waals surface area contributed by atoms with E-state index in [1.165, 1.54) is 6.39 Å². The molecule has 0 spiro atoms. The van der Waals surface area contributed by atoms with Crippen LogP contribution in [-0.4, -0.2) is 39.8 Å². The molecule has 1 aliphatic heterocycles. The molecular weight excluding hydrogens is 320 g/mol. The van der Waals surface area contributed by atoms with Gasteiger partial charge in [0.05, 0.1) is 19.3 Å². The van der Waals surface area contributed by atoms with Gasteiger partial charge in [-0.05, 0) is 23.8 Å². The predicted molar refractivity (Wildman–Crippen MR) is 89.0 cm³/mol. The third-order valence-electron chi connectivity index (χ3n) is 4.06. The average molecular weight is 338 g/mol. The van der Waals surface area contributed by atoms with Gasteiger partial charge in [0, 0.05) is 25.4 Å². The van der Waals surface area contributed by atoms with Gasteiger partial charge in [0.1, 0.15) is 5.75 Å². The largest absolute Gasteiger partial charge is 0.439 e. The average Bonchev–Trinajstić information content (AvgIpc) is 3.18. The van der Waals surface area contributed by atoms with Crippen molar-refractivity contribution in [3.63, 3.8) is 0 Å². The lowest BCUT2D eigenvalue weighted by molar-refractivity contribution is -0.0166. The molecule has 0 radical (unpaired) electrons. The van der Waals surface area contributed by atoms with Gasteiger partial charge >= 0.3 is 0 Å². The normalized spacial score (nSPS) is 18.2. The fourth-order valence-electron chi connectivity index (χ4n) is 2.86. The van der Waals surface area contributed by atoms with Crippen LogP contribution in [0.5, 0.6) is 11.6 Å². The Labute approximate surface area is 145 Å². The number of nitrogens with zero attached hydrogens (tertiary/aromatic N) is 4. The molecule has 3 heterocycles. The Bertz CT molecular complexity index is 795. The van der Waals surface area contributed by atoms with Gasteiger partial charge < -0.3 is 14.0 Å². The van der Waals surface area contributed by atoms with Crippen molar-refractivity contribution in [2.75, 3.05) is 19.8 Å². The van der Waals surface area contributed by atoms with Gasteiger partial charge in [-0.25, -0.2) is 4.98 Å². The maximum absolute atomic E-state index is 5.81. The van der Waals surface area contributed by atoms with E-state index in [0.717, 1.165) is 24.4 Å². The van der Waals surface area contributed by atoms with Crippen molar-refractivity contribution in [1.29, 1.82) is 0 Å². The summed E-state index contributed by atoms with van der Waals surface area (Å²) < 4.78 is 16.3. The molecule has 7 nitrogen and oxygen atoms in total. The summed E-state index contributed by atoms with van der Waals surface area (Å²) in [6.07, 6.45) is 3.06. The molecule has 0 bridgehead atoms. The molecular formula is C18H18N4O3. The summed E-state index contributed by atoms with van der Waals surface area (Å²) in [5.41, 5.74) is 1.14. The fraction of sp³-hybridized carbons (Fsp3) is 0.278. The smallest absolute Gasteiger partial charge is 0.219 e. The minimum absolute atomic E-state index is 0.00661. The van der Waals surface area contributed by atoms with E-state index in [0.29, 0.717) is 24.9 Å². The number of morpholine rings is 1. The Hall–Kier alpha value is -2.77. The van der Waals surface area contributed by atoms with Gasteiger partial charge in [0.25, 0.3) is 0 Å². The van der Waals surface area contributed by atoms with Crippen molar-refractivity contribution >= 4 is 0 Å². The van der Waals surface area contributed by atoms with Crippen LogP contribution < -0.4 is 4.74 Å². The monoisotopic (exact) mass is 338 g/mol. The van der Waals surface area contributed by atoms with Crippen LogP contribution in [0.3, 0.4) is 0 Å². The van der Waals surface area contributed by atoms with Gasteiger partial charge in [-0.1, -0.05) is 23.4 Å². The highest BCUT2D eigenvalue weighted by Crippen LogP contribution is 2.25. The number of pyridine rings is 1. The third-order valence-corrected chi connectivity index (χ3v) is 4.06. The van der Waals surface area contributed by atoms with E-state index in [1.54, 1.807) is 6.20 Å². The van der Waals surface area contributed by atoms with Gasteiger partial charge in [0.15, 0.2) is 5.82 Å². The van der Waals surface area contributed by atoms with E-state index < -0.39 is 0 Å². The highest BCUT2D eigenvalue weighted by Gasteiger charge is 2.28. The number of benzene rings is 1. The lowest BCUT2D eigenvalue weighted by Gasteiger charge is -2.33. The molecule has 0 amide bonds. The Balaban J connectivity index is 1.49. The van der Waals surface area contributed by atoms with Crippen molar-refractivity contribution in [3.8, 4) is 11.6 Å². The highest BCUT2D eigenvalue weighted by molar-refractivity contribution is 5.31. The van der Waals surface area contributed by atoms with Crippen LogP contribution in [0.25, 0.3) is 0 Å². The molecule has 7 heteroatoms. The zero-order valence-electron chi connectivity index (χ0n) is 13.6. The van der Waals surface area contributed by atoms with Gasteiger partial charge in [-0.3, -0.25) is 4.90 Å². The van der Waals surface area contributed by atoms with Crippen LogP contribution in [0.4, 0.5) is 0 Å². The standard InChI is InChI=1S/C18H18N4O3/c1-2-7-19-17(6-1)25-15-5-3-4-14(10-15)11-22-8-9-23-12-16(22)18-20-13-24-21-18/h1-7,10,13,16H,8-9,11-12H2. The predicted octanol–water partition coefficient (Wildman–Crippen LogP) is 2.83. The first-order valence-corrected chi connectivity index (χ1v) is 8.14. The molecule has 25 heavy (non-hydrogen) atoms. The molecule has 1 atom stereocenters. The molecule has 0 aliphatic carbocycles. The lowest BCUT2D eigenvalue weighted by Crippen LogP contribution is -2.39. The number of rotatable bonds is 5. The molecule has 128 valence electrons. The molecule has 1 fully saturated rings. The first-order chi connectivity index (χ1) is 12.4. The van der Waals surface area contributed by atoms with E-state index >= 15 is 0 Å². The summed E-state index contributed by atoms with van der Waals surface area (Å²) in [6, 6.07) is 13.6. The second kappa shape index (κ2) is 7.42. The topological polar surface area (TPSA) is 73.5 Å². The third kappa shape index (κ3) is 3.84. The maximum Gasteiger partial charge on any atom is 0.219 e. The lowest BCUT2D eigenvalue weighted by atomic mass is 10.1. The van der Waals surface area contributed by atoms with Gasteiger partial charge in [-0.15, -0.1) is 0 Å². The van der Waals surface area contributed by atoms with Crippen LogP contribution in [0.1, 0.15) is 17.4 Å². The molecule has 2 aromatic heterocycles. The second-order valence-corrected chi connectivity index (χ2v) is 5.77. The second-order valence-electron chi connectivity index (χ2n) is 5.77. The SMILES string of the molecule is c1ccc(Oc2cccc(CN3CCOCC3c3ncon3)c2)nc1. The molecule has 1 aromatic carbocycles. The van der Waals surface area contributed by atoms with E-state index in [2.05, 4.69) is 26.1 Å². The molecule has 0 N–H and O–H groups in total. The molecule has 1 aliphatic rings. The van der Waals surface area contributed by atoms with Crippen molar-refractivity contribution in [2.45, 2.75) is 12.6 Å². The number of hydrogen-bond donors (Lipinski definition) is 0. The molecule has 1 unspecified atom stereocenters. The number of hydrogen-bond acceptors (Lipinski definition) is 7. The molecule has 0 saturated carbocycles. The number of ether oxygens (including phenoxy) is 2. The van der Waals surface area contributed by atoms with E-state index in [4.69, 9.17) is 14.0 Å². The van der Waals surface area contributed by atoms with Crippen LogP contribution in [0.15, 0.2) is 59.6 Å². The number of aromatic nitrogens is 3. The van der Waals surface area contributed by atoms with E-state index in [-0.39, 0.29) is 6.04 Å². The maximum atomic E-state index is 5.81. The molecule has 4 rings (SSSR count). The highest BCUT2D eigenvalue weighted by atomic mass is 16.5. The Kier molecular flexibility index (Phi) is 4.67. The summed E-state index contributed by atoms with van der Waals surface area (Å²) in [7, 11) is 0. The van der Waals surface area contributed by atoms with Crippen LogP contribution >= 0.6 is 0 Å². The first kappa shape index (κ1) is 15.7. The van der Waals surface area contributed by atoms with Crippen LogP contribution in [0.2, 0.25) is 0 Å². The van der Waals surface area contributed by atoms with Crippen molar-refractivity contribution < 1.29 is 14.0 Å². The van der Waals surface area contributed by atoms with Gasteiger partial charge in [0.2, 0.25) is 12.3 Å². The molecule has 1 saturated heterocycles. The summed E-state index contributed by atoms with van der Waals surface area (Å²) >= 11 is 0. The zero-order valence-corrected chi connectivity index (χ0v) is 13.6. The molecule has 3 aromatic rings. The Morgan fingerprint density at radius 2 is 2.16 bits per heavy atom. The summed E-state index contributed by atoms with van der Waals surface area (Å²) in [5.74, 6) is 2.00. The van der Waals surface area contributed by atoms with Crippen LogP contribution in [0, 0.1) is 0 Å². The minimum Gasteiger partial charge on any atom is -0.439 e. The summed E-state index contributed by atoms with van der Waals surface area (Å²) in [4.78, 5) is 10.6. The van der Waals surface area contributed by atoms with Crippen molar-refractivity contribution in [3.05, 3.63) is 66.4 Å². The van der Waals surface area contributed by atoms with Gasteiger partial charge in [-0.2, -0.15) is 4.98 Å². The van der Waals surface area contributed by atoms with E-state index in [1.807, 2.05) is 36.4 Å².